The lowest BCUT2D eigenvalue weighted by Gasteiger charge is -2.36. The van der Waals surface area contributed by atoms with Gasteiger partial charge < -0.3 is 49.8 Å². The third-order valence-electron chi connectivity index (χ3n) is 8.84. The first kappa shape index (κ1) is 42.4. The van der Waals surface area contributed by atoms with E-state index in [1.54, 1.807) is 23.0 Å². The number of halogens is 1. The molecular formula is C36H54ClN11O6. The molecule has 0 radical (unpaired) electrons. The van der Waals surface area contributed by atoms with E-state index in [1.807, 2.05) is 17.0 Å². The predicted molar refractivity (Wildman–Crippen MR) is 206 cm³/mol. The molecule has 2 aromatic heterocycles. The molecule has 4 heterocycles. The minimum atomic E-state index is -0.638. The maximum atomic E-state index is 14.2. The molecule has 5 rings (SSSR count). The Morgan fingerprint density at radius 3 is 2.22 bits per heavy atom. The van der Waals surface area contributed by atoms with Crippen LogP contribution in [0, 0.1) is 18.3 Å². The zero-order valence-corrected chi connectivity index (χ0v) is 32.0. The highest BCUT2D eigenvalue weighted by molar-refractivity contribution is 5.85. The molecule has 18 heteroatoms. The standard InChI is InChI=1S/C36H53N11O6.ClH/c1-4-16-50-20-22-53-23-21-51-17-9-38-34-39-35(41-36(40-34)46-14-18-52-19-15-46)45-12-10-44(11-13-45)33(49)32(25-28-5-7-29(48)8-6-28)47-26-31(42-43-47)30(37)24-27(2)3;/h1,5-8,26-27,30,32,48H,9-25,37H2,2-3H3,(H,38,39,40,41);1H/t30-,32-;/m0./s1. The summed E-state index contributed by atoms with van der Waals surface area (Å²) in [6.45, 7) is 11.8. The number of terminal acetylenes is 1. The third kappa shape index (κ3) is 12.9. The van der Waals surface area contributed by atoms with Gasteiger partial charge in [0.15, 0.2) is 0 Å². The van der Waals surface area contributed by atoms with Crippen molar-refractivity contribution in [3.05, 3.63) is 41.7 Å². The van der Waals surface area contributed by atoms with Crippen LogP contribution in [0.2, 0.25) is 0 Å². The number of ether oxygens (including phenoxy) is 4. The van der Waals surface area contributed by atoms with Gasteiger partial charge in [0, 0.05) is 52.2 Å². The number of piperazine rings is 1. The zero-order chi connectivity index (χ0) is 37.4. The summed E-state index contributed by atoms with van der Waals surface area (Å²) >= 11 is 0. The van der Waals surface area contributed by atoms with Crippen molar-refractivity contribution in [2.45, 2.75) is 38.8 Å². The van der Waals surface area contributed by atoms with Crippen LogP contribution >= 0.6 is 12.4 Å². The molecule has 0 unspecified atom stereocenters. The number of amides is 1. The number of morpholine rings is 1. The molecule has 0 spiro atoms. The van der Waals surface area contributed by atoms with Crippen LogP contribution < -0.4 is 20.9 Å². The van der Waals surface area contributed by atoms with E-state index in [4.69, 9.17) is 46.1 Å². The number of phenolic OH excluding ortho intramolecular Hbond substituents is 1. The van der Waals surface area contributed by atoms with Gasteiger partial charge in [-0.25, -0.2) is 4.68 Å². The average molecular weight is 772 g/mol. The Labute approximate surface area is 323 Å². The number of hydrogen-bond acceptors (Lipinski definition) is 15. The number of nitrogens with one attached hydrogen (secondary N) is 1. The first-order valence-electron chi connectivity index (χ1n) is 18.3. The lowest BCUT2D eigenvalue weighted by atomic mass is 10.0. The van der Waals surface area contributed by atoms with Gasteiger partial charge in [0.1, 0.15) is 18.4 Å². The van der Waals surface area contributed by atoms with Gasteiger partial charge in [-0.1, -0.05) is 37.1 Å². The molecule has 296 valence electrons. The highest BCUT2D eigenvalue weighted by Crippen LogP contribution is 2.24. The highest BCUT2D eigenvalue weighted by Gasteiger charge is 2.32. The van der Waals surface area contributed by atoms with Crippen LogP contribution in [-0.2, 0) is 30.2 Å². The molecule has 1 aromatic carbocycles. The highest BCUT2D eigenvalue weighted by atomic mass is 35.5. The molecule has 0 aliphatic carbocycles. The van der Waals surface area contributed by atoms with Crippen molar-refractivity contribution in [3.63, 3.8) is 0 Å². The van der Waals surface area contributed by atoms with Crippen molar-refractivity contribution < 1.29 is 28.8 Å². The van der Waals surface area contributed by atoms with Gasteiger partial charge in [-0.3, -0.25) is 4.79 Å². The van der Waals surface area contributed by atoms with Crippen molar-refractivity contribution in [2.75, 3.05) is 114 Å². The van der Waals surface area contributed by atoms with Gasteiger partial charge in [0.2, 0.25) is 23.8 Å². The Bertz CT molecular complexity index is 1590. The number of nitrogens with zero attached hydrogens (tertiary/aromatic N) is 9. The van der Waals surface area contributed by atoms with Crippen LogP contribution in [0.3, 0.4) is 0 Å². The number of aromatic nitrogens is 6. The summed E-state index contributed by atoms with van der Waals surface area (Å²) in [5.41, 5.74) is 7.96. The summed E-state index contributed by atoms with van der Waals surface area (Å²) in [5.74, 6) is 4.47. The monoisotopic (exact) mass is 771 g/mol. The average Bonchev–Trinajstić information content (AvgIpc) is 3.67. The van der Waals surface area contributed by atoms with E-state index in [2.05, 4.69) is 45.2 Å². The molecule has 2 atom stereocenters. The zero-order valence-electron chi connectivity index (χ0n) is 31.2. The van der Waals surface area contributed by atoms with Gasteiger partial charge in [0.25, 0.3) is 0 Å². The molecule has 4 N–H and O–H groups in total. The van der Waals surface area contributed by atoms with Crippen LogP contribution in [-0.4, -0.2) is 145 Å². The normalized spacial score (nSPS) is 15.8. The number of aromatic hydroxyl groups is 1. The van der Waals surface area contributed by atoms with Crippen LogP contribution in [0.15, 0.2) is 30.5 Å². The van der Waals surface area contributed by atoms with Gasteiger partial charge in [-0.05, 0) is 30.0 Å². The van der Waals surface area contributed by atoms with Crippen molar-refractivity contribution in [2.24, 2.45) is 11.7 Å². The molecule has 3 aromatic rings. The number of carbonyl (C=O) groups excluding carboxylic acids is 1. The Balaban J connectivity index is 0.00000650. The fourth-order valence-electron chi connectivity index (χ4n) is 6.01. The number of hydrogen-bond donors (Lipinski definition) is 3. The summed E-state index contributed by atoms with van der Waals surface area (Å²) < 4.78 is 23.5. The number of carbonyl (C=O) groups is 1. The van der Waals surface area contributed by atoms with E-state index in [0.29, 0.717) is 128 Å². The van der Waals surface area contributed by atoms with Crippen molar-refractivity contribution >= 4 is 36.2 Å². The molecular weight excluding hydrogens is 718 g/mol. The second kappa shape index (κ2) is 22.2. The van der Waals surface area contributed by atoms with Crippen LogP contribution in [0.4, 0.5) is 17.8 Å². The molecule has 0 saturated carbocycles. The molecule has 2 aliphatic heterocycles. The number of nitrogens with two attached hydrogens (primary N) is 1. The van der Waals surface area contributed by atoms with Gasteiger partial charge in [-0.15, -0.1) is 23.9 Å². The van der Waals surface area contributed by atoms with E-state index >= 15 is 0 Å². The first-order chi connectivity index (χ1) is 25.8. The maximum absolute atomic E-state index is 14.2. The second-order valence-corrected chi connectivity index (χ2v) is 13.3. The third-order valence-corrected chi connectivity index (χ3v) is 8.84. The summed E-state index contributed by atoms with van der Waals surface area (Å²) in [5, 5.41) is 21.8. The Hall–Kier alpha value is -4.31. The fourth-order valence-corrected chi connectivity index (χ4v) is 6.01. The van der Waals surface area contributed by atoms with Crippen molar-refractivity contribution in [3.8, 4) is 18.1 Å². The number of phenols is 1. The SMILES string of the molecule is C#CCOCCOCCOCCNc1nc(N2CCOCC2)nc(N2CCN(C(=O)[C@H](Cc3ccc(O)cc3)n3cc([C@@H](N)CC(C)C)nn3)CC2)n1.Cl. The minimum Gasteiger partial charge on any atom is -0.508 e. The molecule has 0 bridgehead atoms. The van der Waals surface area contributed by atoms with E-state index in [-0.39, 0.29) is 36.7 Å². The summed E-state index contributed by atoms with van der Waals surface area (Å²) in [7, 11) is 0. The van der Waals surface area contributed by atoms with Crippen LogP contribution in [0.25, 0.3) is 0 Å². The Morgan fingerprint density at radius 1 is 0.944 bits per heavy atom. The van der Waals surface area contributed by atoms with E-state index < -0.39 is 6.04 Å². The number of anilines is 3. The number of benzene rings is 1. The largest absolute Gasteiger partial charge is 0.508 e. The van der Waals surface area contributed by atoms with E-state index in [1.165, 1.54) is 0 Å². The van der Waals surface area contributed by atoms with Crippen molar-refractivity contribution in [1.29, 1.82) is 0 Å². The Kier molecular flexibility index (Phi) is 17.4. The van der Waals surface area contributed by atoms with E-state index in [0.717, 1.165) is 12.0 Å². The molecule has 17 nitrogen and oxygen atoms in total. The van der Waals surface area contributed by atoms with Gasteiger partial charge in [-0.2, -0.15) is 15.0 Å². The first-order valence-corrected chi connectivity index (χ1v) is 18.3. The van der Waals surface area contributed by atoms with Crippen LogP contribution in [0.1, 0.15) is 43.6 Å². The minimum absolute atomic E-state index is 0. The fraction of sp³-hybridized carbons (Fsp3) is 0.611. The Morgan fingerprint density at radius 2 is 1.57 bits per heavy atom. The van der Waals surface area contributed by atoms with Crippen molar-refractivity contribution in [1.82, 2.24) is 34.8 Å². The summed E-state index contributed by atoms with van der Waals surface area (Å²) in [6, 6.07) is 5.96. The van der Waals surface area contributed by atoms with Gasteiger partial charge >= 0.3 is 0 Å². The molecule has 2 fully saturated rings. The molecule has 2 aliphatic rings. The molecule has 2 saturated heterocycles. The van der Waals surface area contributed by atoms with Crippen LogP contribution in [0.5, 0.6) is 5.75 Å². The molecule has 54 heavy (non-hydrogen) atoms. The lowest BCUT2D eigenvalue weighted by molar-refractivity contribution is -0.135. The molecule has 1 amide bonds. The predicted octanol–water partition coefficient (Wildman–Crippen LogP) is 1.70. The second-order valence-electron chi connectivity index (χ2n) is 13.3. The summed E-state index contributed by atoms with van der Waals surface area (Å²) in [4.78, 5) is 34.5. The smallest absolute Gasteiger partial charge is 0.247 e. The quantitative estimate of drug-likeness (QED) is 0.111. The lowest BCUT2D eigenvalue weighted by Crippen LogP contribution is -2.51. The maximum Gasteiger partial charge on any atom is 0.247 e. The number of rotatable bonds is 20. The van der Waals surface area contributed by atoms with Gasteiger partial charge in [0.05, 0.1) is 64.2 Å². The van der Waals surface area contributed by atoms with E-state index in [9.17, 15) is 9.90 Å². The topological polar surface area (TPSA) is 191 Å². The summed E-state index contributed by atoms with van der Waals surface area (Å²) in [6.07, 6.45) is 8.09.